The lowest BCUT2D eigenvalue weighted by atomic mass is 10.0. The van der Waals surface area contributed by atoms with E-state index in [9.17, 15) is 14.4 Å². The second kappa shape index (κ2) is 8.12. The van der Waals surface area contributed by atoms with Crippen LogP contribution < -0.4 is 10.6 Å². The number of carboxylic acids is 1. The van der Waals surface area contributed by atoms with Gasteiger partial charge in [0.2, 0.25) is 5.91 Å². The van der Waals surface area contributed by atoms with E-state index in [2.05, 4.69) is 10.1 Å². The highest BCUT2D eigenvalue weighted by Gasteiger charge is 2.51. The van der Waals surface area contributed by atoms with E-state index in [1.807, 2.05) is 0 Å². The van der Waals surface area contributed by atoms with E-state index in [0.717, 1.165) is 0 Å². The highest BCUT2D eigenvalue weighted by molar-refractivity contribution is 5.95. The zero-order chi connectivity index (χ0) is 26.4. The Bertz CT molecular complexity index is 767. The average Bonchev–Trinajstić information content (AvgIpc) is 3.38. The summed E-state index contributed by atoms with van der Waals surface area (Å²) in [6.07, 6.45) is -6.89. The van der Waals surface area contributed by atoms with Crippen LogP contribution in [0.15, 0.2) is 0 Å². The van der Waals surface area contributed by atoms with Crippen LogP contribution in [0.4, 0.5) is 0 Å². The van der Waals surface area contributed by atoms with Crippen LogP contribution in [0.2, 0.25) is 0 Å². The normalized spacial score (nSPS) is 31.9. The predicted octanol–water partition coefficient (Wildman–Crippen LogP) is 0.532. The van der Waals surface area contributed by atoms with Gasteiger partial charge in [-0.1, -0.05) is 27.6 Å². The molecule has 22 heavy (non-hydrogen) atoms. The van der Waals surface area contributed by atoms with Crippen molar-refractivity contribution in [3.05, 3.63) is 0 Å². The molecule has 0 radical (unpaired) electrons. The molecule has 3 atom stereocenters. The van der Waals surface area contributed by atoms with Gasteiger partial charge < -0.3 is 20.5 Å². The third-order valence-electron chi connectivity index (χ3n) is 2.71. The number of rotatable bonds is 9. The van der Waals surface area contributed by atoms with Crippen molar-refractivity contribution < 1.29 is 39.3 Å². The zero-order valence-corrected chi connectivity index (χ0v) is 12.1. The Labute approximate surface area is 146 Å². The van der Waals surface area contributed by atoms with Crippen LogP contribution in [0.3, 0.4) is 0 Å². The molecule has 1 heterocycles. The SMILES string of the molecule is [2H]C([2H])([2H])C([2H])(C([2H])([2H])[2H])C([2H])([2H])C([2H])([2H])NC(=O)[C@H](CC(C)C)NC(=O)[C@H]1O[C@@H]1C(=O)O. The summed E-state index contributed by atoms with van der Waals surface area (Å²) in [5.74, 6) is -8.00. The highest BCUT2D eigenvalue weighted by Crippen LogP contribution is 2.22. The summed E-state index contributed by atoms with van der Waals surface area (Å²) in [7, 11) is 0. The van der Waals surface area contributed by atoms with E-state index in [1.165, 1.54) is 0 Å². The van der Waals surface area contributed by atoms with Crippen molar-refractivity contribution in [2.75, 3.05) is 6.50 Å². The van der Waals surface area contributed by atoms with Gasteiger partial charge in [0.1, 0.15) is 6.04 Å². The smallest absolute Gasteiger partial charge is 0.336 e. The summed E-state index contributed by atoms with van der Waals surface area (Å²) >= 11 is 0. The lowest BCUT2D eigenvalue weighted by molar-refractivity contribution is -0.138. The fraction of sp³-hybridized carbons (Fsp3) is 0.800. The third-order valence-corrected chi connectivity index (χ3v) is 2.71. The van der Waals surface area contributed by atoms with Gasteiger partial charge in [-0.2, -0.15) is 0 Å². The number of amides is 2. The molecule has 126 valence electrons. The summed E-state index contributed by atoms with van der Waals surface area (Å²) in [6.45, 7) is -8.06. The number of hydrogen-bond donors (Lipinski definition) is 3. The van der Waals surface area contributed by atoms with Gasteiger partial charge in [-0.05, 0) is 24.6 Å². The van der Waals surface area contributed by atoms with Gasteiger partial charge in [-0.3, -0.25) is 9.59 Å². The second-order valence-electron chi connectivity index (χ2n) is 5.12. The van der Waals surface area contributed by atoms with Crippen LogP contribution >= 0.6 is 0 Å². The molecule has 0 aromatic heterocycles. The van der Waals surface area contributed by atoms with Crippen molar-refractivity contribution in [3.8, 4) is 0 Å². The fourth-order valence-electron chi connectivity index (χ4n) is 1.70. The van der Waals surface area contributed by atoms with Gasteiger partial charge in [0.25, 0.3) is 5.91 Å². The van der Waals surface area contributed by atoms with Gasteiger partial charge in [0, 0.05) is 21.6 Å². The molecule has 0 aromatic rings. The molecule has 1 rings (SSSR count). The Morgan fingerprint density at radius 1 is 1.36 bits per heavy atom. The Morgan fingerprint density at radius 3 is 2.55 bits per heavy atom. The summed E-state index contributed by atoms with van der Waals surface area (Å²) in [5.41, 5.74) is 0. The first kappa shape index (κ1) is 7.77. The molecule has 1 saturated heterocycles. The molecule has 0 aromatic carbocycles. The summed E-state index contributed by atoms with van der Waals surface area (Å²) in [6, 6.07) is -1.53. The molecule has 0 unspecified atom stereocenters. The van der Waals surface area contributed by atoms with Crippen LogP contribution in [0.1, 0.15) is 55.4 Å². The van der Waals surface area contributed by atoms with Crippen LogP contribution in [-0.2, 0) is 19.1 Å². The van der Waals surface area contributed by atoms with Crippen molar-refractivity contribution in [3.63, 3.8) is 0 Å². The molecular weight excluding hydrogens is 288 g/mol. The number of carbonyl (C=O) groups excluding carboxylic acids is 2. The number of epoxide rings is 1. The van der Waals surface area contributed by atoms with Crippen LogP contribution in [0.25, 0.3) is 0 Å². The summed E-state index contributed by atoms with van der Waals surface area (Å²) in [5, 5.41) is 12.6. The maximum absolute atomic E-state index is 12.7. The summed E-state index contributed by atoms with van der Waals surface area (Å²) < 4.78 is 88.7. The molecule has 0 spiro atoms. The lowest BCUT2D eigenvalue weighted by Crippen LogP contribution is -2.49. The molecule has 1 fully saturated rings. The molecule has 7 nitrogen and oxygen atoms in total. The van der Waals surface area contributed by atoms with E-state index < -0.39 is 68.5 Å². The van der Waals surface area contributed by atoms with E-state index in [-0.39, 0.29) is 12.3 Å². The zero-order valence-electron chi connectivity index (χ0n) is 23.1. The number of carbonyl (C=O) groups is 3. The van der Waals surface area contributed by atoms with Gasteiger partial charge in [-0.25, -0.2) is 4.79 Å². The van der Waals surface area contributed by atoms with E-state index >= 15 is 0 Å². The molecule has 0 bridgehead atoms. The second-order valence-corrected chi connectivity index (χ2v) is 5.12. The summed E-state index contributed by atoms with van der Waals surface area (Å²) in [4.78, 5) is 35.7. The largest absolute Gasteiger partial charge is 0.479 e. The first-order chi connectivity index (χ1) is 14.5. The van der Waals surface area contributed by atoms with Crippen molar-refractivity contribution in [1.82, 2.24) is 10.6 Å². The van der Waals surface area contributed by atoms with E-state index in [4.69, 9.17) is 20.2 Å². The Kier molecular flexibility index (Phi) is 2.87. The number of carboxylic acid groups (broad SMARTS) is 1. The standard InChI is InChI=1S/C15H26N2O5/c1-8(2)5-6-16-13(18)10(7-9(3)4)17-14(19)11-12(22-11)15(20)21/h8-12H,5-7H2,1-4H3,(H,16,18)(H,17,19)(H,20,21)/t10-,11-,12-/m0/s1/i1D3,2D3,5D2,6D2,8D. The molecule has 3 N–H and O–H groups in total. The van der Waals surface area contributed by atoms with Crippen LogP contribution in [-0.4, -0.2) is 47.6 Å². The van der Waals surface area contributed by atoms with Crippen molar-refractivity contribution >= 4 is 17.8 Å². The van der Waals surface area contributed by atoms with E-state index in [1.54, 1.807) is 19.2 Å². The predicted molar refractivity (Wildman–Crippen MR) is 80.1 cm³/mol. The Morgan fingerprint density at radius 2 is 2.05 bits per heavy atom. The maximum Gasteiger partial charge on any atom is 0.336 e. The Hall–Kier alpha value is -1.63. The fourth-order valence-corrected chi connectivity index (χ4v) is 1.70. The van der Waals surface area contributed by atoms with Crippen molar-refractivity contribution in [1.29, 1.82) is 0 Å². The molecule has 2 amide bonds. The average molecular weight is 325 g/mol. The van der Waals surface area contributed by atoms with Crippen LogP contribution in [0.5, 0.6) is 0 Å². The number of hydrogen-bond acceptors (Lipinski definition) is 4. The highest BCUT2D eigenvalue weighted by atomic mass is 16.6. The number of aliphatic carboxylic acids is 1. The number of nitrogens with one attached hydrogen (secondary N) is 2. The van der Waals surface area contributed by atoms with Crippen molar-refractivity contribution in [2.24, 2.45) is 11.8 Å². The minimum Gasteiger partial charge on any atom is -0.479 e. The minimum atomic E-state index is -3.98. The minimum absolute atomic E-state index is 0.119. The quantitative estimate of drug-likeness (QED) is 0.536. The molecule has 0 saturated carbocycles. The topological polar surface area (TPSA) is 108 Å². The Balaban J connectivity index is 3.21. The van der Waals surface area contributed by atoms with Gasteiger partial charge in [0.15, 0.2) is 12.2 Å². The molecule has 1 aliphatic rings. The molecular formula is C15H26N2O5. The maximum atomic E-state index is 12.7. The lowest BCUT2D eigenvalue weighted by Gasteiger charge is -2.20. The number of ether oxygens (including phenoxy) is 1. The van der Waals surface area contributed by atoms with Gasteiger partial charge in [0.05, 0.1) is 0 Å². The molecule has 0 aliphatic carbocycles. The van der Waals surface area contributed by atoms with Gasteiger partial charge >= 0.3 is 5.97 Å². The third kappa shape index (κ3) is 6.01. The molecule has 1 aliphatic heterocycles. The van der Waals surface area contributed by atoms with Crippen LogP contribution in [0, 0.1) is 11.8 Å². The van der Waals surface area contributed by atoms with Crippen molar-refractivity contribution in [2.45, 2.75) is 58.6 Å². The van der Waals surface area contributed by atoms with Gasteiger partial charge in [-0.15, -0.1) is 0 Å². The first-order valence-electron chi connectivity index (χ1n) is 12.0. The monoisotopic (exact) mass is 325 g/mol. The van der Waals surface area contributed by atoms with E-state index in [0.29, 0.717) is 0 Å². The first-order valence-corrected chi connectivity index (χ1v) is 6.52. The molecule has 7 heteroatoms.